The Labute approximate surface area is 113 Å². The fraction of sp³-hybridized carbons (Fsp3) is 0.500. The van der Waals surface area contributed by atoms with E-state index >= 15 is 0 Å². The fourth-order valence-electron chi connectivity index (χ4n) is 1.81. The van der Waals surface area contributed by atoms with Crippen molar-refractivity contribution in [2.24, 2.45) is 5.16 Å². The summed E-state index contributed by atoms with van der Waals surface area (Å²) >= 11 is 0. The molecule has 0 aromatic heterocycles. The summed E-state index contributed by atoms with van der Waals surface area (Å²) in [4.78, 5) is 5.30. The summed E-state index contributed by atoms with van der Waals surface area (Å²) in [5.74, 6) is 0.124. The van der Waals surface area contributed by atoms with E-state index in [1.165, 1.54) is 0 Å². The van der Waals surface area contributed by atoms with Crippen molar-refractivity contribution in [1.29, 1.82) is 0 Å². The molecule has 1 aliphatic heterocycles. The van der Waals surface area contributed by atoms with Crippen LogP contribution >= 0.6 is 0 Å². The molecule has 0 N–H and O–H groups in total. The highest BCUT2D eigenvalue weighted by molar-refractivity contribution is 5.63. The molecule has 5 nitrogen and oxygen atoms in total. The summed E-state index contributed by atoms with van der Waals surface area (Å²) in [5, 5.41) is 3.92. The molecule has 19 heavy (non-hydrogen) atoms. The minimum Gasteiger partial charge on any atom is -0.380 e. The summed E-state index contributed by atoms with van der Waals surface area (Å²) in [5.41, 5.74) is 1.04. The van der Waals surface area contributed by atoms with Gasteiger partial charge in [0.15, 0.2) is 11.5 Å². The van der Waals surface area contributed by atoms with Crippen molar-refractivity contribution in [3.8, 4) is 5.75 Å². The first-order valence-electron chi connectivity index (χ1n) is 6.19. The predicted molar refractivity (Wildman–Crippen MR) is 71.2 cm³/mol. The van der Waals surface area contributed by atoms with E-state index in [-0.39, 0.29) is 6.10 Å². The molecule has 0 radical (unpaired) electrons. The second-order valence-electron chi connectivity index (χ2n) is 4.79. The van der Waals surface area contributed by atoms with Gasteiger partial charge in [-0.15, -0.1) is 0 Å². The summed E-state index contributed by atoms with van der Waals surface area (Å²) in [6.07, 6.45) is 1.44. The monoisotopic (exact) mass is 265 g/mol. The average Bonchev–Trinajstić information content (AvgIpc) is 2.70. The van der Waals surface area contributed by atoms with Crippen LogP contribution in [-0.2, 0) is 20.8 Å². The third-order valence-electron chi connectivity index (χ3n) is 2.63. The highest BCUT2D eigenvalue weighted by atomic mass is 16.7. The molecule has 1 fully saturated rings. The maximum absolute atomic E-state index is 5.58. The number of nitrogens with zero attached hydrogens (tertiary/aromatic N) is 1. The van der Waals surface area contributed by atoms with Crippen LogP contribution in [0.2, 0.25) is 0 Å². The molecule has 0 unspecified atom stereocenters. The number of hydrogen-bond donors (Lipinski definition) is 0. The largest absolute Gasteiger partial charge is 0.380 e. The van der Waals surface area contributed by atoms with E-state index in [1.54, 1.807) is 13.3 Å². The van der Waals surface area contributed by atoms with E-state index in [9.17, 15) is 0 Å². The van der Waals surface area contributed by atoms with Gasteiger partial charge in [-0.25, -0.2) is 0 Å². The topological polar surface area (TPSA) is 49.3 Å². The molecule has 1 aromatic rings. The lowest BCUT2D eigenvalue weighted by Crippen LogP contribution is -2.22. The van der Waals surface area contributed by atoms with Gasteiger partial charge in [0.1, 0.15) is 6.10 Å². The molecule has 1 aromatic carbocycles. The van der Waals surface area contributed by atoms with Crippen molar-refractivity contribution in [2.45, 2.75) is 32.3 Å². The van der Waals surface area contributed by atoms with E-state index in [4.69, 9.17) is 19.0 Å². The quantitative estimate of drug-likeness (QED) is 0.605. The van der Waals surface area contributed by atoms with Crippen molar-refractivity contribution in [2.75, 3.05) is 13.7 Å². The van der Waals surface area contributed by atoms with Crippen LogP contribution in [0.4, 0.5) is 0 Å². The molecule has 1 atom stereocenters. The van der Waals surface area contributed by atoms with Crippen LogP contribution < -0.4 is 4.84 Å². The maximum Gasteiger partial charge on any atom is 0.163 e. The molecule has 1 saturated heterocycles. The van der Waals surface area contributed by atoms with E-state index in [0.29, 0.717) is 19.0 Å². The minimum absolute atomic E-state index is 0.169. The van der Waals surface area contributed by atoms with Crippen molar-refractivity contribution >= 4 is 6.21 Å². The van der Waals surface area contributed by atoms with E-state index in [1.807, 2.05) is 38.1 Å². The van der Waals surface area contributed by atoms with Crippen LogP contribution in [0.3, 0.4) is 0 Å². The Morgan fingerprint density at radius 3 is 3.00 bits per heavy atom. The van der Waals surface area contributed by atoms with E-state index in [0.717, 1.165) is 5.56 Å². The number of ether oxygens (including phenoxy) is 3. The van der Waals surface area contributed by atoms with Gasteiger partial charge >= 0.3 is 0 Å². The van der Waals surface area contributed by atoms with Crippen LogP contribution in [0, 0.1) is 0 Å². The van der Waals surface area contributed by atoms with Crippen LogP contribution in [0.25, 0.3) is 0 Å². The van der Waals surface area contributed by atoms with Gasteiger partial charge in [-0.1, -0.05) is 17.3 Å². The molecule has 104 valence electrons. The van der Waals surface area contributed by atoms with Crippen molar-refractivity contribution in [3.63, 3.8) is 0 Å². The summed E-state index contributed by atoms with van der Waals surface area (Å²) < 4.78 is 16.1. The predicted octanol–water partition coefficient (Wildman–Crippen LogP) is 2.35. The molecular formula is C14H19NO4. The van der Waals surface area contributed by atoms with Crippen LogP contribution in [-0.4, -0.2) is 31.8 Å². The Bertz CT molecular complexity index is 445. The molecule has 2 rings (SSSR count). The number of hydrogen-bond acceptors (Lipinski definition) is 5. The van der Waals surface area contributed by atoms with Gasteiger partial charge in [-0.3, -0.25) is 0 Å². The van der Waals surface area contributed by atoms with E-state index in [2.05, 4.69) is 5.16 Å². The third kappa shape index (κ3) is 4.31. The highest BCUT2D eigenvalue weighted by Gasteiger charge is 2.31. The van der Waals surface area contributed by atoms with Gasteiger partial charge in [0.25, 0.3) is 0 Å². The first-order valence-corrected chi connectivity index (χ1v) is 6.19. The number of oxime groups is 1. The Morgan fingerprint density at radius 1 is 1.47 bits per heavy atom. The molecule has 0 saturated carbocycles. The maximum atomic E-state index is 5.58. The standard InChI is InChI=1S/C14H19NO4/c1-14(2)17-10-13(18-14)8-15-19-12-6-4-5-11(7-12)9-16-3/h4-8,13H,9-10H2,1-3H3/b15-8-/t13-/m1/s1. The Kier molecular flexibility index (Phi) is 4.52. The van der Waals surface area contributed by atoms with Gasteiger partial charge < -0.3 is 19.0 Å². The normalized spacial score (nSPS) is 21.9. The zero-order chi connectivity index (χ0) is 13.7. The number of rotatable bonds is 5. The summed E-state index contributed by atoms with van der Waals surface area (Å²) in [7, 11) is 1.66. The van der Waals surface area contributed by atoms with Gasteiger partial charge in [0.2, 0.25) is 0 Å². The Morgan fingerprint density at radius 2 is 2.32 bits per heavy atom. The van der Waals surface area contributed by atoms with Crippen molar-refractivity contribution < 1.29 is 19.0 Å². The molecular weight excluding hydrogens is 246 g/mol. The molecule has 0 amide bonds. The lowest BCUT2D eigenvalue weighted by molar-refractivity contribution is -0.131. The van der Waals surface area contributed by atoms with Crippen molar-refractivity contribution in [3.05, 3.63) is 29.8 Å². The van der Waals surface area contributed by atoms with Crippen LogP contribution in [0.5, 0.6) is 5.75 Å². The molecule has 0 spiro atoms. The second-order valence-corrected chi connectivity index (χ2v) is 4.79. The second kappa shape index (κ2) is 6.14. The van der Waals surface area contributed by atoms with Crippen LogP contribution in [0.15, 0.2) is 29.4 Å². The van der Waals surface area contributed by atoms with Gasteiger partial charge in [0, 0.05) is 7.11 Å². The van der Waals surface area contributed by atoms with Gasteiger partial charge in [-0.05, 0) is 31.5 Å². The van der Waals surface area contributed by atoms with Gasteiger partial charge in [-0.2, -0.15) is 0 Å². The number of methoxy groups -OCH3 is 1. The molecule has 5 heteroatoms. The zero-order valence-corrected chi connectivity index (χ0v) is 11.5. The fourth-order valence-corrected chi connectivity index (χ4v) is 1.81. The first-order chi connectivity index (χ1) is 9.09. The zero-order valence-electron chi connectivity index (χ0n) is 11.5. The highest BCUT2D eigenvalue weighted by Crippen LogP contribution is 2.21. The van der Waals surface area contributed by atoms with Gasteiger partial charge in [0.05, 0.1) is 19.4 Å². The Hall–Kier alpha value is -1.43. The van der Waals surface area contributed by atoms with Crippen LogP contribution in [0.1, 0.15) is 19.4 Å². The molecule has 0 aliphatic carbocycles. The van der Waals surface area contributed by atoms with Crippen molar-refractivity contribution in [1.82, 2.24) is 0 Å². The molecule has 1 aliphatic rings. The summed E-state index contributed by atoms with van der Waals surface area (Å²) in [6, 6.07) is 7.59. The lowest BCUT2D eigenvalue weighted by atomic mass is 10.2. The lowest BCUT2D eigenvalue weighted by Gasteiger charge is -2.15. The summed E-state index contributed by atoms with van der Waals surface area (Å²) in [6.45, 7) is 4.78. The molecule has 0 bridgehead atoms. The SMILES string of the molecule is COCc1cccc(O/N=C\[C@@H]2COC(C)(C)O2)c1. The first kappa shape index (κ1) is 14.0. The van der Waals surface area contributed by atoms with E-state index < -0.39 is 5.79 Å². The minimum atomic E-state index is -0.547. The average molecular weight is 265 g/mol. The number of benzene rings is 1. The smallest absolute Gasteiger partial charge is 0.163 e. The Balaban J connectivity index is 1.86. The third-order valence-corrected chi connectivity index (χ3v) is 2.63. The molecule has 1 heterocycles.